The van der Waals surface area contributed by atoms with Crippen molar-refractivity contribution in [3.05, 3.63) is 0 Å². The third-order valence-electron chi connectivity index (χ3n) is 1.80. The quantitative estimate of drug-likeness (QED) is 0.652. The lowest BCUT2D eigenvalue weighted by molar-refractivity contribution is -0.120. The summed E-state index contributed by atoms with van der Waals surface area (Å²) < 4.78 is 0. The summed E-state index contributed by atoms with van der Waals surface area (Å²) in [5.74, 6) is 0.944. The Morgan fingerprint density at radius 3 is 2.85 bits per heavy atom. The molecule has 0 aromatic carbocycles. The first-order valence-electron chi connectivity index (χ1n) is 4.64. The smallest absolute Gasteiger partial charge is 0.220 e. The highest BCUT2D eigenvalue weighted by atomic mass is 32.2. The summed E-state index contributed by atoms with van der Waals surface area (Å²) in [6, 6.07) is 0. The van der Waals surface area contributed by atoms with E-state index in [9.17, 15) is 9.90 Å². The van der Waals surface area contributed by atoms with Crippen molar-refractivity contribution in [2.45, 2.75) is 32.3 Å². The van der Waals surface area contributed by atoms with Gasteiger partial charge in [-0.05, 0) is 19.1 Å². The van der Waals surface area contributed by atoms with E-state index in [1.165, 1.54) is 0 Å². The summed E-state index contributed by atoms with van der Waals surface area (Å²) in [5, 5.41) is 12.0. The highest BCUT2D eigenvalue weighted by Crippen LogP contribution is 1.96. The summed E-state index contributed by atoms with van der Waals surface area (Å²) >= 11 is 1.66. The number of nitrogens with one attached hydrogen (secondary N) is 1. The van der Waals surface area contributed by atoms with E-state index in [-0.39, 0.29) is 12.0 Å². The molecule has 13 heavy (non-hydrogen) atoms. The Kier molecular flexibility index (Phi) is 8.24. The summed E-state index contributed by atoms with van der Waals surface area (Å²) in [4.78, 5) is 11.1. The molecule has 0 radical (unpaired) electrons. The molecule has 0 spiro atoms. The number of carbonyl (C=O) groups is 1. The Morgan fingerprint density at radius 1 is 1.62 bits per heavy atom. The second kappa shape index (κ2) is 8.38. The van der Waals surface area contributed by atoms with E-state index in [2.05, 4.69) is 5.32 Å². The first kappa shape index (κ1) is 12.8. The minimum absolute atomic E-state index is 0.0812. The monoisotopic (exact) mass is 205 g/mol. The highest BCUT2D eigenvalue weighted by Gasteiger charge is 2.02. The van der Waals surface area contributed by atoms with Gasteiger partial charge in [-0.25, -0.2) is 0 Å². The fraction of sp³-hybridized carbons (Fsp3) is 0.889. The van der Waals surface area contributed by atoms with Crippen LogP contribution in [-0.4, -0.2) is 35.7 Å². The fourth-order valence-electron chi connectivity index (χ4n) is 0.865. The van der Waals surface area contributed by atoms with Crippen molar-refractivity contribution in [1.82, 2.24) is 5.32 Å². The third kappa shape index (κ3) is 8.12. The highest BCUT2D eigenvalue weighted by molar-refractivity contribution is 7.98. The number of thioether (sulfide) groups is 1. The maximum absolute atomic E-state index is 11.1. The largest absolute Gasteiger partial charge is 0.393 e. The predicted molar refractivity (Wildman–Crippen MR) is 56.9 cm³/mol. The third-order valence-corrected chi connectivity index (χ3v) is 2.42. The molecule has 2 N–H and O–H groups in total. The zero-order chi connectivity index (χ0) is 10.1. The van der Waals surface area contributed by atoms with Crippen molar-refractivity contribution in [3.8, 4) is 0 Å². The van der Waals surface area contributed by atoms with Gasteiger partial charge in [0, 0.05) is 18.7 Å². The second-order valence-electron chi connectivity index (χ2n) is 2.94. The fourth-order valence-corrected chi connectivity index (χ4v) is 1.25. The second-order valence-corrected chi connectivity index (χ2v) is 3.93. The van der Waals surface area contributed by atoms with Crippen LogP contribution in [0.2, 0.25) is 0 Å². The topological polar surface area (TPSA) is 49.3 Å². The summed E-state index contributed by atoms with van der Waals surface area (Å²) in [7, 11) is 0. The summed E-state index contributed by atoms with van der Waals surface area (Å²) in [6.07, 6.45) is 3.68. The number of amides is 1. The van der Waals surface area contributed by atoms with Crippen molar-refractivity contribution in [3.63, 3.8) is 0 Å². The first-order valence-corrected chi connectivity index (χ1v) is 6.03. The molecule has 0 aromatic rings. The molecule has 0 bridgehead atoms. The van der Waals surface area contributed by atoms with E-state index >= 15 is 0 Å². The Morgan fingerprint density at radius 2 is 2.31 bits per heavy atom. The molecule has 78 valence electrons. The van der Waals surface area contributed by atoms with Crippen LogP contribution in [0.4, 0.5) is 0 Å². The van der Waals surface area contributed by atoms with E-state index in [0.717, 1.165) is 12.2 Å². The van der Waals surface area contributed by atoms with E-state index < -0.39 is 0 Å². The molecular weight excluding hydrogens is 186 g/mol. The molecule has 0 aromatic heterocycles. The Hall–Kier alpha value is -0.220. The van der Waals surface area contributed by atoms with E-state index in [4.69, 9.17) is 0 Å². The molecule has 0 aliphatic heterocycles. The van der Waals surface area contributed by atoms with Crippen LogP contribution in [0.25, 0.3) is 0 Å². The van der Waals surface area contributed by atoms with Gasteiger partial charge in [-0.2, -0.15) is 11.8 Å². The lowest BCUT2D eigenvalue weighted by Crippen LogP contribution is -2.27. The standard InChI is InChI=1S/C9H19NO2S/c1-3-8(11)4-6-10-9(12)5-7-13-2/h8,11H,3-7H2,1-2H3,(H,10,12). The predicted octanol–water partition coefficient (Wildman–Crippen LogP) is 1.02. The van der Waals surface area contributed by atoms with Crippen molar-refractivity contribution in [1.29, 1.82) is 0 Å². The van der Waals surface area contributed by atoms with Crippen molar-refractivity contribution in [2.24, 2.45) is 0 Å². The van der Waals surface area contributed by atoms with Gasteiger partial charge < -0.3 is 10.4 Å². The molecule has 1 amide bonds. The molecule has 0 aliphatic carbocycles. The first-order chi connectivity index (χ1) is 6.20. The van der Waals surface area contributed by atoms with Crippen molar-refractivity contribution in [2.75, 3.05) is 18.6 Å². The zero-order valence-electron chi connectivity index (χ0n) is 8.38. The van der Waals surface area contributed by atoms with Crippen LogP contribution in [0, 0.1) is 0 Å². The molecule has 0 fully saturated rings. The van der Waals surface area contributed by atoms with Gasteiger partial charge in [0.2, 0.25) is 5.91 Å². The van der Waals surface area contributed by atoms with Crippen LogP contribution in [0.3, 0.4) is 0 Å². The van der Waals surface area contributed by atoms with Gasteiger partial charge in [-0.1, -0.05) is 6.92 Å². The van der Waals surface area contributed by atoms with E-state index in [1.54, 1.807) is 11.8 Å². The van der Waals surface area contributed by atoms with Gasteiger partial charge in [0.15, 0.2) is 0 Å². The zero-order valence-corrected chi connectivity index (χ0v) is 9.19. The molecular formula is C9H19NO2S. The SMILES string of the molecule is CCC(O)CCNC(=O)CCSC. The lowest BCUT2D eigenvalue weighted by atomic mass is 10.2. The Balaban J connectivity index is 3.26. The molecule has 0 saturated carbocycles. The molecule has 0 heterocycles. The minimum atomic E-state index is -0.277. The van der Waals surface area contributed by atoms with Crippen molar-refractivity contribution < 1.29 is 9.90 Å². The molecule has 0 saturated heterocycles. The molecule has 1 atom stereocenters. The molecule has 1 unspecified atom stereocenters. The van der Waals surface area contributed by atoms with Crippen LogP contribution in [0.1, 0.15) is 26.2 Å². The number of carbonyl (C=O) groups excluding carboxylic acids is 1. The van der Waals surface area contributed by atoms with E-state index in [1.807, 2.05) is 13.2 Å². The van der Waals surface area contributed by atoms with Crippen LogP contribution >= 0.6 is 11.8 Å². The van der Waals surface area contributed by atoms with Gasteiger partial charge in [-0.3, -0.25) is 4.79 Å². The Bertz CT molecular complexity index is 142. The number of aliphatic hydroxyl groups is 1. The van der Waals surface area contributed by atoms with E-state index in [0.29, 0.717) is 19.4 Å². The summed E-state index contributed by atoms with van der Waals surface area (Å²) in [6.45, 7) is 2.52. The van der Waals surface area contributed by atoms with Gasteiger partial charge in [-0.15, -0.1) is 0 Å². The van der Waals surface area contributed by atoms with Crippen molar-refractivity contribution >= 4 is 17.7 Å². The van der Waals surface area contributed by atoms with Gasteiger partial charge in [0.1, 0.15) is 0 Å². The molecule has 4 heteroatoms. The number of aliphatic hydroxyl groups excluding tert-OH is 1. The molecule has 0 aliphatic rings. The number of hydrogen-bond donors (Lipinski definition) is 2. The van der Waals surface area contributed by atoms with Crippen LogP contribution in [0.5, 0.6) is 0 Å². The van der Waals surface area contributed by atoms with Crippen LogP contribution in [0.15, 0.2) is 0 Å². The number of hydrogen-bond acceptors (Lipinski definition) is 3. The molecule has 3 nitrogen and oxygen atoms in total. The average Bonchev–Trinajstić information content (AvgIpc) is 2.14. The average molecular weight is 205 g/mol. The maximum Gasteiger partial charge on any atom is 0.220 e. The van der Waals surface area contributed by atoms with Gasteiger partial charge >= 0.3 is 0 Å². The maximum atomic E-state index is 11.1. The number of rotatable bonds is 7. The minimum Gasteiger partial charge on any atom is -0.393 e. The van der Waals surface area contributed by atoms with Gasteiger partial charge in [0.25, 0.3) is 0 Å². The van der Waals surface area contributed by atoms with Crippen LogP contribution < -0.4 is 5.32 Å². The summed E-state index contributed by atoms with van der Waals surface area (Å²) in [5.41, 5.74) is 0. The Labute approximate surface area is 84.3 Å². The van der Waals surface area contributed by atoms with Crippen LogP contribution in [-0.2, 0) is 4.79 Å². The molecule has 0 rings (SSSR count). The lowest BCUT2D eigenvalue weighted by Gasteiger charge is -2.08. The van der Waals surface area contributed by atoms with Gasteiger partial charge in [0.05, 0.1) is 6.10 Å². The normalized spacial score (nSPS) is 12.5.